The van der Waals surface area contributed by atoms with Gasteiger partial charge in [0.15, 0.2) is 0 Å². The van der Waals surface area contributed by atoms with Crippen molar-refractivity contribution in [1.82, 2.24) is 0 Å². The fourth-order valence-corrected chi connectivity index (χ4v) is 1.74. The van der Waals surface area contributed by atoms with Crippen molar-refractivity contribution in [2.75, 3.05) is 6.61 Å². The molecule has 0 saturated carbocycles. The van der Waals surface area contributed by atoms with E-state index in [1.54, 1.807) is 6.08 Å². The van der Waals surface area contributed by atoms with Crippen LogP contribution in [-0.2, 0) is 14.3 Å². The second kappa shape index (κ2) is 8.98. The van der Waals surface area contributed by atoms with Crippen molar-refractivity contribution in [1.29, 1.82) is 0 Å². The van der Waals surface area contributed by atoms with Gasteiger partial charge in [0.2, 0.25) is 0 Å². The molecular formula is C18H24O5. The maximum absolute atomic E-state index is 11.6. The molecule has 0 aliphatic heterocycles. The van der Waals surface area contributed by atoms with Gasteiger partial charge in [-0.3, -0.25) is 4.79 Å². The zero-order valence-electron chi connectivity index (χ0n) is 13.9. The predicted octanol–water partition coefficient (Wildman–Crippen LogP) is 3.68. The Hall–Kier alpha value is -2.30. The Morgan fingerprint density at radius 3 is 2.35 bits per heavy atom. The maximum Gasteiger partial charge on any atom is 0.331 e. The van der Waals surface area contributed by atoms with E-state index in [1.165, 1.54) is 6.08 Å². The van der Waals surface area contributed by atoms with Crippen LogP contribution < -0.4 is 4.74 Å². The minimum atomic E-state index is -0.786. The molecule has 0 saturated heterocycles. The molecule has 0 radical (unpaired) electrons. The Kier molecular flexibility index (Phi) is 7.32. The van der Waals surface area contributed by atoms with Gasteiger partial charge in [-0.05, 0) is 57.4 Å². The molecule has 5 nitrogen and oxygen atoms in total. The molecule has 0 aliphatic carbocycles. The van der Waals surface area contributed by atoms with Gasteiger partial charge in [0, 0.05) is 12.5 Å². The fourth-order valence-electron chi connectivity index (χ4n) is 1.74. The average Bonchev–Trinajstić information content (AvgIpc) is 2.44. The lowest BCUT2D eigenvalue weighted by Crippen LogP contribution is -2.22. The van der Waals surface area contributed by atoms with Crippen LogP contribution in [0, 0.1) is 0 Å². The molecule has 0 unspecified atom stereocenters. The summed E-state index contributed by atoms with van der Waals surface area (Å²) < 4.78 is 10.7. The van der Waals surface area contributed by atoms with Gasteiger partial charge < -0.3 is 14.6 Å². The number of benzene rings is 1. The molecule has 1 rings (SSSR count). The fraction of sp³-hybridized carbons (Fsp3) is 0.444. The normalized spacial score (nSPS) is 11.4. The third-order valence-corrected chi connectivity index (χ3v) is 2.75. The van der Waals surface area contributed by atoms with Crippen molar-refractivity contribution in [3.63, 3.8) is 0 Å². The lowest BCUT2D eigenvalue weighted by Gasteiger charge is -2.17. The summed E-state index contributed by atoms with van der Waals surface area (Å²) in [5.74, 6) is -0.447. The van der Waals surface area contributed by atoms with Crippen LogP contribution in [0.2, 0.25) is 0 Å². The van der Waals surface area contributed by atoms with Crippen molar-refractivity contribution in [2.45, 2.75) is 45.6 Å². The zero-order chi connectivity index (χ0) is 17.3. The number of ether oxygens (including phenoxy) is 2. The van der Waals surface area contributed by atoms with Gasteiger partial charge in [0.25, 0.3) is 0 Å². The van der Waals surface area contributed by atoms with Crippen molar-refractivity contribution >= 4 is 18.0 Å². The molecule has 0 bridgehead atoms. The number of hydrogen-bond donors (Lipinski definition) is 1. The summed E-state index contributed by atoms with van der Waals surface area (Å²) in [5, 5.41) is 8.53. The Labute approximate surface area is 136 Å². The minimum absolute atomic E-state index is 0.164. The molecule has 0 atom stereocenters. The van der Waals surface area contributed by atoms with Gasteiger partial charge >= 0.3 is 11.9 Å². The summed E-state index contributed by atoms with van der Waals surface area (Å²) in [6.45, 7) is 5.95. The number of carboxylic acid groups (broad SMARTS) is 1. The van der Waals surface area contributed by atoms with Crippen LogP contribution in [0.5, 0.6) is 5.75 Å². The number of rotatable bonds is 8. The standard InChI is InChI=1S/C18H24O5/c1-18(2,3)23-17(21)12-9-14-7-10-15(11-8-14)22-13-5-4-6-16(19)20/h7-12H,4-6,13H2,1-3H3,(H,19,20). The Balaban J connectivity index is 2.38. The molecule has 0 aliphatic rings. The third kappa shape index (κ3) is 9.34. The molecule has 23 heavy (non-hydrogen) atoms. The average molecular weight is 320 g/mol. The van der Waals surface area contributed by atoms with Crippen molar-refractivity contribution in [2.24, 2.45) is 0 Å². The molecule has 1 aromatic carbocycles. The smallest absolute Gasteiger partial charge is 0.331 e. The third-order valence-electron chi connectivity index (χ3n) is 2.75. The van der Waals surface area contributed by atoms with Gasteiger partial charge in [-0.15, -0.1) is 0 Å². The summed E-state index contributed by atoms with van der Waals surface area (Å²) in [4.78, 5) is 22.0. The van der Waals surface area contributed by atoms with Gasteiger partial charge in [-0.25, -0.2) is 4.79 Å². The summed E-state index contributed by atoms with van der Waals surface area (Å²) in [7, 11) is 0. The number of unbranched alkanes of at least 4 members (excludes halogenated alkanes) is 1. The van der Waals surface area contributed by atoms with E-state index in [-0.39, 0.29) is 12.4 Å². The van der Waals surface area contributed by atoms with Crippen LogP contribution in [0.1, 0.15) is 45.6 Å². The molecule has 1 N–H and O–H groups in total. The van der Waals surface area contributed by atoms with Crippen LogP contribution in [0.4, 0.5) is 0 Å². The lowest BCUT2D eigenvalue weighted by atomic mass is 10.2. The first-order chi connectivity index (χ1) is 10.8. The van der Waals surface area contributed by atoms with E-state index >= 15 is 0 Å². The first kappa shape index (κ1) is 18.7. The Morgan fingerprint density at radius 2 is 1.78 bits per heavy atom. The number of esters is 1. The quantitative estimate of drug-likeness (QED) is 0.449. The summed E-state index contributed by atoms with van der Waals surface area (Å²) in [6, 6.07) is 7.30. The van der Waals surface area contributed by atoms with E-state index in [4.69, 9.17) is 14.6 Å². The summed E-state index contributed by atoms with van der Waals surface area (Å²) >= 11 is 0. The monoisotopic (exact) mass is 320 g/mol. The number of carbonyl (C=O) groups excluding carboxylic acids is 1. The SMILES string of the molecule is CC(C)(C)OC(=O)C=Cc1ccc(OCCCCC(=O)O)cc1. The lowest BCUT2D eigenvalue weighted by molar-refractivity contribution is -0.148. The van der Waals surface area contributed by atoms with Gasteiger partial charge in [0.05, 0.1) is 6.61 Å². The predicted molar refractivity (Wildman–Crippen MR) is 88.3 cm³/mol. The molecule has 0 spiro atoms. The van der Waals surface area contributed by atoms with Crippen LogP contribution in [0.15, 0.2) is 30.3 Å². The van der Waals surface area contributed by atoms with Crippen LogP contribution in [0.3, 0.4) is 0 Å². The summed E-state index contributed by atoms with van der Waals surface area (Å²) in [6.07, 6.45) is 4.55. The van der Waals surface area contributed by atoms with E-state index in [0.29, 0.717) is 19.4 Å². The molecule has 0 heterocycles. The minimum Gasteiger partial charge on any atom is -0.494 e. The molecule has 0 fully saturated rings. The van der Waals surface area contributed by atoms with E-state index < -0.39 is 11.6 Å². The first-order valence-electron chi connectivity index (χ1n) is 7.62. The molecule has 126 valence electrons. The highest BCUT2D eigenvalue weighted by Crippen LogP contribution is 2.14. The molecule has 1 aromatic rings. The van der Waals surface area contributed by atoms with Crippen LogP contribution in [-0.4, -0.2) is 29.3 Å². The van der Waals surface area contributed by atoms with Gasteiger partial charge in [0.1, 0.15) is 11.4 Å². The first-order valence-corrected chi connectivity index (χ1v) is 7.62. The van der Waals surface area contributed by atoms with Crippen LogP contribution in [0.25, 0.3) is 6.08 Å². The van der Waals surface area contributed by atoms with Crippen molar-refractivity contribution in [3.05, 3.63) is 35.9 Å². The highest BCUT2D eigenvalue weighted by Gasteiger charge is 2.13. The molecular weight excluding hydrogens is 296 g/mol. The van der Waals surface area contributed by atoms with Crippen molar-refractivity contribution in [3.8, 4) is 5.75 Å². The molecule has 5 heteroatoms. The second-order valence-electron chi connectivity index (χ2n) is 6.14. The topological polar surface area (TPSA) is 72.8 Å². The van der Waals surface area contributed by atoms with Crippen LogP contribution >= 0.6 is 0 Å². The maximum atomic E-state index is 11.6. The number of carbonyl (C=O) groups is 2. The Morgan fingerprint density at radius 1 is 1.13 bits per heavy atom. The van der Waals surface area contributed by atoms with Gasteiger partial charge in [-0.2, -0.15) is 0 Å². The number of aliphatic carboxylic acids is 1. The van der Waals surface area contributed by atoms with E-state index in [2.05, 4.69) is 0 Å². The highest BCUT2D eigenvalue weighted by atomic mass is 16.6. The molecule has 0 aromatic heterocycles. The highest BCUT2D eigenvalue weighted by molar-refractivity contribution is 5.87. The van der Waals surface area contributed by atoms with E-state index in [1.807, 2.05) is 45.0 Å². The van der Waals surface area contributed by atoms with E-state index in [0.717, 1.165) is 11.3 Å². The number of carboxylic acids is 1. The van der Waals surface area contributed by atoms with E-state index in [9.17, 15) is 9.59 Å². The molecule has 0 amide bonds. The number of hydrogen-bond acceptors (Lipinski definition) is 4. The van der Waals surface area contributed by atoms with Gasteiger partial charge in [-0.1, -0.05) is 12.1 Å². The van der Waals surface area contributed by atoms with Crippen molar-refractivity contribution < 1.29 is 24.2 Å². The second-order valence-corrected chi connectivity index (χ2v) is 6.14. The zero-order valence-corrected chi connectivity index (χ0v) is 13.9. The Bertz CT molecular complexity index is 538. The summed E-state index contributed by atoms with van der Waals surface area (Å²) in [5.41, 5.74) is 0.369. The largest absolute Gasteiger partial charge is 0.494 e.